The maximum Gasteiger partial charge on any atom is 0.401 e. The lowest BCUT2D eigenvalue weighted by Crippen LogP contribution is -2.54. The van der Waals surface area contributed by atoms with Crippen molar-refractivity contribution >= 4 is 39.2 Å². The van der Waals surface area contributed by atoms with Gasteiger partial charge >= 0.3 is 6.18 Å². The molecule has 2 atom stereocenters. The number of aromatic amines is 1. The van der Waals surface area contributed by atoms with Gasteiger partial charge < -0.3 is 10.3 Å². The number of rotatable bonds is 7. The van der Waals surface area contributed by atoms with Gasteiger partial charge in [-0.3, -0.25) is 19.2 Å². The number of benzene rings is 1. The van der Waals surface area contributed by atoms with E-state index >= 15 is 0 Å². The van der Waals surface area contributed by atoms with Crippen LogP contribution >= 0.6 is 22.6 Å². The second kappa shape index (κ2) is 9.85. The topological polar surface area (TPSA) is 47.2 Å². The summed E-state index contributed by atoms with van der Waals surface area (Å²) in [5.41, 5.74) is 4.22. The van der Waals surface area contributed by atoms with Crippen LogP contribution in [0.5, 0.6) is 0 Å². The largest absolute Gasteiger partial charge is 0.401 e. The lowest BCUT2D eigenvalue weighted by atomic mass is 9.90. The fourth-order valence-corrected chi connectivity index (χ4v) is 5.81. The first-order valence-electron chi connectivity index (χ1n) is 11.8. The third-order valence-electron chi connectivity index (χ3n) is 6.94. The molecule has 2 N–H and O–H groups in total. The number of anilines is 1. The summed E-state index contributed by atoms with van der Waals surface area (Å²) in [6.45, 7) is 3.00. The molecule has 10 heteroatoms. The Morgan fingerprint density at radius 1 is 1.20 bits per heavy atom. The van der Waals surface area contributed by atoms with Crippen LogP contribution in [-0.2, 0) is 6.42 Å². The monoisotopic (exact) mass is 601 g/mol. The number of nitrogens with one attached hydrogen (secondary N) is 2. The molecule has 0 amide bonds. The van der Waals surface area contributed by atoms with Gasteiger partial charge in [0, 0.05) is 45.8 Å². The smallest absolute Gasteiger partial charge is 0.378 e. The van der Waals surface area contributed by atoms with Crippen molar-refractivity contribution in [3.05, 3.63) is 57.1 Å². The SMILES string of the molecule is C[C@@H]1Cc2c([nH]c3cc(I)ccc23)[C@@H](c2ccc(NC3CN(CCCF)C3)cn2)N1CC(F)(F)F. The predicted octanol–water partition coefficient (Wildman–Crippen LogP) is 5.52. The van der Waals surface area contributed by atoms with E-state index < -0.39 is 18.8 Å². The number of nitrogens with zero attached hydrogens (tertiary/aromatic N) is 3. The Balaban J connectivity index is 1.42. The highest BCUT2D eigenvalue weighted by Crippen LogP contribution is 2.41. The third-order valence-corrected chi connectivity index (χ3v) is 7.61. The van der Waals surface area contributed by atoms with Gasteiger partial charge in [0.25, 0.3) is 0 Å². The molecule has 5 nitrogen and oxygen atoms in total. The Labute approximate surface area is 215 Å². The molecule has 0 bridgehead atoms. The minimum absolute atomic E-state index is 0.265. The third kappa shape index (κ3) is 5.29. The molecule has 0 unspecified atom stereocenters. The van der Waals surface area contributed by atoms with E-state index in [0.717, 1.165) is 51.1 Å². The Morgan fingerprint density at radius 3 is 2.69 bits per heavy atom. The van der Waals surface area contributed by atoms with E-state index in [1.54, 1.807) is 6.20 Å². The Morgan fingerprint density at radius 2 is 2.00 bits per heavy atom. The molecule has 35 heavy (non-hydrogen) atoms. The number of halogens is 5. The first kappa shape index (κ1) is 24.8. The number of fused-ring (bicyclic) bond motifs is 3. The van der Waals surface area contributed by atoms with Gasteiger partial charge in [0.1, 0.15) is 0 Å². The summed E-state index contributed by atoms with van der Waals surface area (Å²) >= 11 is 2.24. The molecule has 2 aliphatic rings. The molecule has 5 rings (SSSR count). The number of aromatic nitrogens is 2. The average Bonchev–Trinajstić information content (AvgIpc) is 3.12. The Hall–Kier alpha value is -1.92. The highest BCUT2D eigenvalue weighted by molar-refractivity contribution is 14.1. The van der Waals surface area contributed by atoms with Crippen LogP contribution in [-0.4, -0.2) is 70.9 Å². The summed E-state index contributed by atoms with van der Waals surface area (Å²) in [7, 11) is 0. The highest BCUT2D eigenvalue weighted by Gasteiger charge is 2.42. The molecular formula is C25H28F4IN5. The predicted molar refractivity (Wildman–Crippen MR) is 137 cm³/mol. The molecule has 1 saturated heterocycles. The first-order chi connectivity index (χ1) is 16.7. The minimum Gasteiger partial charge on any atom is -0.378 e. The Bertz CT molecular complexity index is 1170. The molecule has 188 valence electrons. The quantitative estimate of drug-likeness (QED) is 0.277. The number of H-pyrrole nitrogens is 1. The van der Waals surface area contributed by atoms with Gasteiger partial charge in [-0.15, -0.1) is 0 Å². The van der Waals surface area contributed by atoms with Gasteiger partial charge in [0.15, 0.2) is 0 Å². The van der Waals surface area contributed by atoms with Crippen LogP contribution in [0.1, 0.15) is 36.3 Å². The van der Waals surface area contributed by atoms with E-state index in [0.29, 0.717) is 18.5 Å². The zero-order valence-electron chi connectivity index (χ0n) is 19.4. The van der Waals surface area contributed by atoms with Gasteiger partial charge in [-0.1, -0.05) is 6.07 Å². The second-order valence-corrected chi connectivity index (χ2v) is 10.8. The molecule has 0 radical (unpaired) electrons. The summed E-state index contributed by atoms with van der Waals surface area (Å²) in [4.78, 5) is 11.8. The van der Waals surface area contributed by atoms with E-state index in [-0.39, 0.29) is 18.8 Å². The zero-order valence-corrected chi connectivity index (χ0v) is 21.5. The molecular weight excluding hydrogens is 573 g/mol. The van der Waals surface area contributed by atoms with Crippen molar-refractivity contribution in [1.29, 1.82) is 0 Å². The summed E-state index contributed by atoms with van der Waals surface area (Å²) < 4.78 is 54.2. The lowest BCUT2D eigenvalue weighted by molar-refractivity contribution is -0.155. The second-order valence-electron chi connectivity index (χ2n) is 9.57. The summed E-state index contributed by atoms with van der Waals surface area (Å²) in [5, 5.41) is 4.48. The van der Waals surface area contributed by atoms with Gasteiger partial charge in [0.2, 0.25) is 0 Å². The molecule has 2 aromatic heterocycles. The summed E-state index contributed by atoms with van der Waals surface area (Å²) in [5.74, 6) is 0. The van der Waals surface area contributed by atoms with E-state index in [1.165, 1.54) is 4.90 Å². The standard InChI is InChI=1S/C25H28F4IN5/c1-15-9-20-19-5-3-16(30)10-22(19)33-23(20)24(35(15)14-25(27,28)29)21-6-4-17(11-31-21)32-18-12-34(13-18)8-2-7-26/h3-6,10-11,15,18,24,32-33H,2,7-9,12-14H2,1H3/t15-,24-/m1/s1. The van der Waals surface area contributed by atoms with Crippen molar-refractivity contribution in [2.75, 3.05) is 38.2 Å². The highest BCUT2D eigenvalue weighted by atomic mass is 127. The van der Waals surface area contributed by atoms with Crippen molar-refractivity contribution in [2.24, 2.45) is 0 Å². The fraction of sp³-hybridized carbons (Fsp3) is 0.480. The van der Waals surface area contributed by atoms with E-state index in [9.17, 15) is 17.6 Å². The van der Waals surface area contributed by atoms with Crippen LogP contribution in [0.4, 0.5) is 23.2 Å². The molecule has 0 saturated carbocycles. The van der Waals surface area contributed by atoms with Gasteiger partial charge in [-0.25, -0.2) is 0 Å². The number of pyridine rings is 1. The lowest BCUT2D eigenvalue weighted by Gasteiger charge is -2.41. The van der Waals surface area contributed by atoms with E-state index in [1.807, 2.05) is 37.3 Å². The van der Waals surface area contributed by atoms with Gasteiger partial charge in [0.05, 0.1) is 42.9 Å². The number of hydrogen-bond acceptors (Lipinski definition) is 4. The van der Waals surface area contributed by atoms with Crippen molar-refractivity contribution in [1.82, 2.24) is 19.8 Å². The fourth-order valence-electron chi connectivity index (χ4n) is 5.32. The zero-order chi connectivity index (χ0) is 24.7. The number of hydrogen-bond donors (Lipinski definition) is 2. The number of alkyl halides is 4. The average molecular weight is 601 g/mol. The first-order valence-corrected chi connectivity index (χ1v) is 12.9. The van der Waals surface area contributed by atoms with Gasteiger partial charge in [-0.05, 0) is 72.2 Å². The molecule has 1 fully saturated rings. The van der Waals surface area contributed by atoms with Crippen molar-refractivity contribution in [3.8, 4) is 0 Å². The van der Waals surface area contributed by atoms with Crippen LogP contribution in [0, 0.1) is 3.57 Å². The Kier molecular flexibility index (Phi) is 6.97. The normalized spacial score (nSPS) is 21.8. The van der Waals surface area contributed by atoms with Crippen LogP contribution in [0.2, 0.25) is 0 Å². The van der Waals surface area contributed by atoms with Crippen LogP contribution in [0.25, 0.3) is 10.9 Å². The molecule has 3 aromatic rings. The summed E-state index contributed by atoms with van der Waals surface area (Å²) in [6, 6.07) is 9.17. The summed E-state index contributed by atoms with van der Waals surface area (Å²) in [6.07, 6.45) is -1.52. The maximum atomic E-state index is 13.6. The van der Waals surface area contributed by atoms with Crippen molar-refractivity contribution in [2.45, 2.75) is 44.1 Å². The molecule has 0 spiro atoms. The van der Waals surface area contributed by atoms with E-state index in [4.69, 9.17) is 0 Å². The van der Waals surface area contributed by atoms with E-state index in [2.05, 4.69) is 42.8 Å². The minimum atomic E-state index is -4.31. The van der Waals surface area contributed by atoms with Gasteiger partial charge in [-0.2, -0.15) is 13.2 Å². The molecule has 4 heterocycles. The molecule has 0 aliphatic carbocycles. The maximum absolute atomic E-state index is 13.6. The van der Waals surface area contributed by atoms with Crippen LogP contribution in [0.15, 0.2) is 36.5 Å². The van der Waals surface area contributed by atoms with Crippen LogP contribution in [0.3, 0.4) is 0 Å². The molecule has 2 aliphatic heterocycles. The van der Waals surface area contributed by atoms with Crippen LogP contribution < -0.4 is 5.32 Å². The van der Waals surface area contributed by atoms with Crippen molar-refractivity contribution in [3.63, 3.8) is 0 Å². The van der Waals surface area contributed by atoms with Crippen molar-refractivity contribution < 1.29 is 17.6 Å². The number of likely N-dealkylation sites (tertiary alicyclic amines) is 1. The molecule has 1 aromatic carbocycles.